The van der Waals surface area contributed by atoms with Gasteiger partial charge in [-0.2, -0.15) is 0 Å². The molecule has 0 bridgehead atoms. The van der Waals surface area contributed by atoms with Crippen LogP contribution in [0.25, 0.3) is 0 Å². The number of aliphatic hydroxyl groups is 1. The van der Waals surface area contributed by atoms with Gasteiger partial charge in [0.05, 0.1) is 6.61 Å². The first-order valence-corrected chi connectivity index (χ1v) is 6.59. The molecule has 0 atom stereocenters. The van der Waals surface area contributed by atoms with Crippen molar-refractivity contribution in [2.24, 2.45) is 0 Å². The summed E-state index contributed by atoms with van der Waals surface area (Å²) in [5.41, 5.74) is 0.631. The number of benzene rings is 1. The van der Waals surface area contributed by atoms with Crippen LogP contribution in [-0.2, 0) is 0 Å². The van der Waals surface area contributed by atoms with Crippen LogP contribution in [0.1, 0.15) is 37.7 Å². The minimum atomic E-state index is -0.376. The van der Waals surface area contributed by atoms with Crippen molar-refractivity contribution in [1.29, 1.82) is 0 Å². The molecule has 0 heterocycles. The van der Waals surface area contributed by atoms with Gasteiger partial charge in [0.2, 0.25) is 0 Å². The van der Waals surface area contributed by atoms with Gasteiger partial charge < -0.3 is 9.84 Å². The first-order chi connectivity index (χ1) is 8.15. The molecule has 1 aliphatic carbocycles. The molecule has 0 unspecified atom stereocenters. The summed E-state index contributed by atoms with van der Waals surface area (Å²) >= 11 is 5.99. The molecule has 2 rings (SSSR count). The van der Waals surface area contributed by atoms with Crippen molar-refractivity contribution in [3.63, 3.8) is 0 Å². The molecule has 3 heteroatoms. The van der Waals surface area contributed by atoms with Crippen molar-refractivity contribution >= 4 is 11.6 Å². The molecule has 94 valence electrons. The van der Waals surface area contributed by atoms with Crippen LogP contribution >= 0.6 is 11.6 Å². The van der Waals surface area contributed by atoms with E-state index >= 15 is 0 Å². The predicted molar refractivity (Wildman–Crippen MR) is 69.7 cm³/mol. The highest BCUT2D eigenvalue weighted by Crippen LogP contribution is 2.33. The molecule has 0 spiro atoms. The van der Waals surface area contributed by atoms with Crippen LogP contribution in [-0.4, -0.2) is 17.3 Å². The third-order valence-electron chi connectivity index (χ3n) is 3.52. The van der Waals surface area contributed by atoms with Crippen LogP contribution in [0.15, 0.2) is 18.2 Å². The van der Waals surface area contributed by atoms with E-state index in [0.29, 0.717) is 0 Å². The SMILES string of the molecule is Cc1cc(OC2(CO)CCCCC2)ccc1Cl. The Bertz CT molecular complexity index is 384. The van der Waals surface area contributed by atoms with E-state index in [1.54, 1.807) is 0 Å². The lowest BCUT2D eigenvalue weighted by molar-refractivity contribution is -0.0198. The lowest BCUT2D eigenvalue weighted by atomic mass is 9.85. The number of halogens is 1. The predicted octanol–water partition coefficient (Wildman–Crippen LogP) is 3.72. The van der Waals surface area contributed by atoms with E-state index in [-0.39, 0.29) is 12.2 Å². The zero-order chi connectivity index (χ0) is 12.3. The monoisotopic (exact) mass is 254 g/mol. The van der Waals surface area contributed by atoms with E-state index in [9.17, 15) is 5.11 Å². The zero-order valence-electron chi connectivity index (χ0n) is 10.2. The minimum Gasteiger partial charge on any atom is -0.485 e. The Kier molecular flexibility index (Phi) is 3.95. The van der Waals surface area contributed by atoms with Gasteiger partial charge in [0.1, 0.15) is 11.4 Å². The highest BCUT2D eigenvalue weighted by Gasteiger charge is 2.33. The normalized spacial score (nSPS) is 19.0. The molecule has 0 saturated heterocycles. The Morgan fingerprint density at radius 1 is 1.29 bits per heavy atom. The standard InChI is InChI=1S/C14H19ClO2/c1-11-9-12(5-6-13(11)15)17-14(10-16)7-3-2-4-8-14/h5-6,9,16H,2-4,7-8,10H2,1H3. The number of hydrogen-bond acceptors (Lipinski definition) is 2. The number of aryl methyl sites for hydroxylation is 1. The van der Waals surface area contributed by atoms with Crippen LogP contribution in [0, 0.1) is 6.92 Å². The first-order valence-electron chi connectivity index (χ1n) is 6.21. The smallest absolute Gasteiger partial charge is 0.132 e. The highest BCUT2D eigenvalue weighted by molar-refractivity contribution is 6.31. The average Bonchev–Trinajstić information content (AvgIpc) is 2.35. The maximum Gasteiger partial charge on any atom is 0.132 e. The molecular weight excluding hydrogens is 236 g/mol. The second-order valence-corrected chi connectivity index (χ2v) is 5.32. The Morgan fingerprint density at radius 3 is 2.59 bits per heavy atom. The number of hydrogen-bond donors (Lipinski definition) is 1. The molecule has 0 amide bonds. The third-order valence-corrected chi connectivity index (χ3v) is 3.94. The van der Waals surface area contributed by atoms with Gasteiger partial charge in [-0.15, -0.1) is 0 Å². The van der Waals surface area contributed by atoms with Crippen LogP contribution in [0.5, 0.6) is 5.75 Å². The van der Waals surface area contributed by atoms with Gasteiger partial charge in [-0.25, -0.2) is 0 Å². The van der Waals surface area contributed by atoms with Gasteiger partial charge in [0.15, 0.2) is 0 Å². The van der Waals surface area contributed by atoms with Crippen molar-refractivity contribution < 1.29 is 9.84 Å². The largest absolute Gasteiger partial charge is 0.485 e. The van der Waals surface area contributed by atoms with E-state index in [0.717, 1.165) is 42.0 Å². The van der Waals surface area contributed by atoms with Gasteiger partial charge in [-0.05, 0) is 56.4 Å². The first kappa shape index (κ1) is 12.7. The number of aliphatic hydroxyl groups excluding tert-OH is 1. The maximum atomic E-state index is 9.58. The van der Waals surface area contributed by atoms with Crippen LogP contribution < -0.4 is 4.74 Å². The van der Waals surface area contributed by atoms with Gasteiger partial charge in [-0.1, -0.05) is 18.0 Å². The van der Waals surface area contributed by atoms with Crippen molar-refractivity contribution in [2.45, 2.75) is 44.6 Å². The summed E-state index contributed by atoms with van der Waals surface area (Å²) in [6, 6.07) is 5.66. The summed E-state index contributed by atoms with van der Waals surface area (Å²) in [7, 11) is 0. The van der Waals surface area contributed by atoms with Crippen molar-refractivity contribution in [2.75, 3.05) is 6.61 Å². The molecule has 17 heavy (non-hydrogen) atoms. The molecule has 2 nitrogen and oxygen atoms in total. The number of ether oxygens (including phenoxy) is 1. The van der Waals surface area contributed by atoms with E-state index in [1.165, 1.54) is 6.42 Å². The summed E-state index contributed by atoms with van der Waals surface area (Å²) in [5, 5.41) is 10.3. The summed E-state index contributed by atoms with van der Waals surface area (Å²) in [6.07, 6.45) is 5.38. The van der Waals surface area contributed by atoms with Gasteiger partial charge in [0.25, 0.3) is 0 Å². The Labute approximate surface area is 108 Å². The Morgan fingerprint density at radius 2 is 2.00 bits per heavy atom. The molecule has 0 radical (unpaired) electrons. The highest BCUT2D eigenvalue weighted by atomic mass is 35.5. The Balaban J connectivity index is 2.14. The fourth-order valence-corrected chi connectivity index (χ4v) is 2.54. The molecule has 0 aliphatic heterocycles. The quantitative estimate of drug-likeness (QED) is 0.891. The van der Waals surface area contributed by atoms with Gasteiger partial charge in [-0.3, -0.25) is 0 Å². The number of rotatable bonds is 3. The van der Waals surface area contributed by atoms with Crippen LogP contribution in [0.3, 0.4) is 0 Å². The van der Waals surface area contributed by atoms with Crippen molar-refractivity contribution in [3.05, 3.63) is 28.8 Å². The van der Waals surface area contributed by atoms with Crippen LogP contribution in [0.2, 0.25) is 5.02 Å². The van der Waals surface area contributed by atoms with Crippen molar-refractivity contribution in [1.82, 2.24) is 0 Å². The van der Waals surface area contributed by atoms with E-state index < -0.39 is 0 Å². The lowest BCUT2D eigenvalue weighted by Crippen LogP contribution is -2.41. The molecule has 1 fully saturated rings. The van der Waals surface area contributed by atoms with Crippen LogP contribution in [0.4, 0.5) is 0 Å². The molecule has 1 N–H and O–H groups in total. The minimum absolute atomic E-state index is 0.0919. The second-order valence-electron chi connectivity index (χ2n) is 4.91. The lowest BCUT2D eigenvalue weighted by Gasteiger charge is -2.36. The second kappa shape index (κ2) is 5.28. The molecule has 1 aromatic carbocycles. The third kappa shape index (κ3) is 2.93. The topological polar surface area (TPSA) is 29.5 Å². The molecule has 1 aliphatic rings. The van der Waals surface area contributed by atoms with E-state index in [2.05, 4.69) is 0 Å². The Hall–Kier alpha value is -0.730. The van der Waals surface area contributed by atoms with E-state index in [1.807, 2.05) is 25.1 Å². The fourth-order valence-electron chi connectivity index (χ4n) is 2.42. The summed E-state index contributed by atoms with van der Waals surface area (Å²) in [5.74, 6) is 0.808. The maximum absolute atomic E-state index is 9.58. The summed E-state index contributed by atoms with van der Waals surface area (Å²) < 4.78 is 6.02. The van der Waals surface area contributed by atoms with Gasteiger partial charge in [0, 0.05) is 5.02 Å². The fraction of sp³-hybridized carbons (Fsp3) is 0.571. The molecule has 0 aromatic heterocycles. The average molecular weight is 255 g/mol. The van der Waals surface area contributed by atoms with E-state index in [4.69, 9.17) is 16.3 Å². The molecule has 1 aromatic rings. The van der Waals surface area contributed by atoms with Gasteiger partial charge >= 0.3 is 0 Å². The summed E-state index contributed by atoms with van der Waals surface area (Å²) in [6.45, 7) is 2.05. The molecular formula is C14H19ClO2. The zero-order valence-corrected chi connectivity index (χ0v) is 11.0. The van der Waals surface area contributed by atoms with Crippen molar-refractivity contribution in [3.8, 4) is 5.75 Å². The molecule has 1 saturated carbocycles. The summed E-state index contributed by atoms with van der Waals surface area (Å²) in [4.78, 5) is 0.